The smallest absolute Gasteiger partial charge is 0.223 e. The zero-order valence-corrected chi connectivity index (χ0v) is 12.5. The summed E-state index contributed by atoms with van der Waals surface area (Å²) in [6.07, 6.45) is 3.52. The van der Waals surface area contributed by atoms with Crippen LogP contribution >= 0.6 is 11.6 Å². The van der Waals surface area contributed by atoms with Crippen LogP contribution in [0.15, 0.2) is 30.5 Å². The molecule has 1 fully saturated rings. The van der Waals surface area contributed by atoms with E-state index in [-0.39, 0.29) is 5.82 Å². The Balaban J connectivity index is 1.80. The van der Waals surface area contributed by atoms with Gasteiger partial charge in [0.05, 0.1) is 6.20 Å². The fraction of sp³-hybridized carbons (Fsp3) is 0.312. The Bertz CT molecular complexity index is 659. The maximum absolute atomic E-state index is 13.4. The Morgan fingerprint density at radius 1 is 1.38 bits per heavy atom. The summed E-state index contributed by atoms with van der Waals surface area (Å²) in [4.78, 5) is 4.05. The van der Waals surface area contributed by atoms with Crippen molar-refractivity contribution in [3.8, 4) is 11.6 Å². The lowest BCUT2D eigenvalue weighted by molar-refractivity contribution is 0.448. The largest absolute Gasteiger partial charge is 0.439 e. The van der Waals surface area contributed by atoms with Gasteiger partial charge in [-0.1, -0.05) is 11.6 Å². The Hall–Kier alpha value is -1.65. The van der Waals surface area contributed by atoms with Gasteiger partial charge in [-0.05, 0) is 49.6 Å². The first-order valence-electron chi connectivity index (χ1n) is 6.93. The van der Waals surface area contributed by atoms with Crippen LogP contribution in [0.5, 0.6) is 11.6 Å². The summed E-state index contributed by atoms with van der Waals surface area (Å²) in [5.41, 5.74) is 1.64. The molecule has 3 rings (SSSR count). The van der Waals surface area contributed by atoms with E-state index in [0.717, 1.165) is 11.1 Å². The summed E-state index contributed by atoms with van der Waals surface area (Å²) in [6, 6.07) is 7.39. The molecule has 1 aliphatic carbocycles. The van der Waals surface area contributed by atoms with Gasteiger partial charge in [0.2, 0.25) is 5.88 Å². The monoisotopic (exact) mass is 306 g/mol. The van der Waals surface area contributed by atoms with Crippen molar-refractivity contribution >= 4 is 11.6 Å². The zero-order chi connectivity index (χ0) is 14.8. The lowest BCUT2D eigenvalue weighted by atomic mass is 10.2. The van der Waals surface area contributed by atoms with E-state index >= 15 is 0 Å². The van der Waals surface area contributed by atoms with Gasteiger partial charge in [0, 0.05) is 23.2 Å². The third-order valence-electron chi connectivity index (χ3n) is 3.39. The molecular formula is C16H16ClFN2O. The van der Waals surface area contributed by atoms with Crippen LogP contribution in [0.1, 0.15) is 24.0 Å². The number of rotatable bonds is 5. The summed E-state index contributed by atoms with van der Waals surface area (Å²) in [6.45, 7) is 2.46. The third-order valence-corrected chi connectivity index (χ3v) is 3.82. The molecule has 0 radical (unpaired) electrons. The molecule has 21 heavy (non-hydrogen) atoms. The highest BCUT2D eigenvalue weighted by Crippen LogP contribution is 2.28. The molecule has 1 saturated carbocycles. The number of hydrogen-bond donors (Lipinski definition) is 1. The van der Waals surface area contributed by atoms with E-state index < -0.39 is 0 Å². The van der Waals surface area contributed by atoms with E-state index in [4.69, 9.17) is 16.3 Å². The number of nitrogens with one attached hydrogen (secondary N) is 1. The van der Waals surface area contributed by atoms with Gasteiger partial charge in [0.15, 0.2) is 0 Å². The molecule has 1 aromatic heterocycles. The van der Waals surface area contributed by atoms with Crippen LogP contribution in [-0.4, -0.2) is 11.0 Å². The summed E-state index contributed by atoms with van der Waals surface area (Å²) in [7, 11) is 0. The Morgan fingerprint density at radius 2 is 2.19 bits per heavy atom. The lowest BCUT2D eigenvalue weighted by Crippen LogP contribution is -2.16. The third kappa shape index (κ3) is 3.71. The number of aryl methyl sites for hydroxylation is 1. The van der Waals surface area contributed by atoms with Crippen molar-refractivity contribution in [2.24, 2.45) is 0 Å². The Labute approximate surface area is 128 Å². The zero-order valence-electron chi connectivity index (χ0n) is 11.7. The molecule has 1 aliphatic rings. The van der Waals surface area contributed by atoms with E-state index in [1.54, 1.807) is 12.1 Å². The summed E-state index contributed by atoms with van der Waals surface area (Å²) in [5.74, 6) is 0.706. The SMILES string of the molecule is Cc1cc(Oc2ncc(F)cc2CNC2CC2)ccc1Cl. The van der Waals surface area contributed by atoms with Gasteiger partial charge < -0.3 is 10.1 Å². The van der Waals surface area contributed by atoms with Crippen molar-refractivity contribution in [2.75, 3.05) is 0 Å². The molecule has 110 valence electrons. The second-order valence-corrected chi connectivity index (χ2v) is 5.69. The van der Waals surface area contributed by atoms with Gasteiger partial charge in [0.25, 0.3) is 0 Å². The highest BCUT2D eigenvalue weighted by molar-refractivity contribution is 6.31. The van der Waals surface area contributed by atoms with Crippen molar-refractivity contribution < 1.29 is 9.13 Å². The van der Waals surface area contributed by atoms with Crippen LogP contribution in [0.4, 0.5) is 4.39 Å². The first-order chi connectivity index (χ1) is 10.1. The van der Waals surface area contributed by atoms with Gasteiger partial charge >= 0.3 is 0 Å². The van der Waals surface area contributed by atoms with E-state index in [1.165, 1.54) is 25.1 Å². The molecule has 0 aliphatic heterocycles. The number of nitrogens with zero attached hydrogens (tertiary/aromatic N) is 1. The van der Waals surface area contributed by atoms with Crippen LogP contribution in [0, 0.1) is 12.7 Å². The van der Waals surface area contributed by atoms with Crippen molar-refractivity contribution in [1.82, 2.24) is 10.3 Å². The van der Waals surface area contributed by atoms with Crippen molar-refractivity contribution in [1.29, 1.82) is 0 Å². The fourth-order valence-corrected chi connectivity index (χ4v) is 2.14. The van der Waals surface area contributed by atoms with Crippen LogP contribution < -0.4 is 10.1 Å². The number of ether oxygens (including phenoxy) is 1. The molecule has 0 spiro atoms. The minimum absolute atomic E-state index is 0.359. The summed E-state index contributed by atoms with van der Waals surface area (Å²) >= 11 is 6.00. The molecular weight excluding hydrogens is 291 g/mol. The first-order valence-corrected chi connectivity index (χ1v) is 7.31. The van der Waals surface area contributed by atoms with E-state index in [1.807, 2.05) is 13.0 Å². The highest BCUT2D eigenvalue weighted by Gasteiger charge is 2.21. The molecule has 0 saturated heterocycles. The van der Waals surface area contributed by atoms with E-state index in [9.17, 15) is 4.39 Å². The van der Waals surface area contributed by atoms with Crippen molar-refractivity contribution in [2.45, 2.75) is 32.4 Å². The lowest BCUT2D eigenvalue weighted by Gasteiger charge is -2.11. The van der Waals surface area contributed by atoms with Gasteiger partial charge in [-0.15, -0.1) is 0 Å². The van der Waals surface area contributed by atoms with Crippen LogP contribution in [0.3, 0.4) is 0 Å². The predicted molar refractivity (Wildman–Crippen MR) is 80.3 cm³/mol. The van der Waals surface area contributed by atoms with E-state index in [0.29, 0.717) is 29.2 Å². The molecule has 1 N–H and O–H groups in total. The van der Waals surface area contributed by atoms with Gasteiger partial charge in [0.1, 0.15) is 11.6 Å². The van der Waals surface area contributed by atoms with Gasteiger partial charge in [-0.3, -0.25) is 0 Å². The maximum Gasteiger partial charge on any atom is 0.223 e. The predicted octanol–water partition coefficient (Wildman–Crippen LogP) is 4.23. The average Bonchev–Trinajstić information content (AvgIpc) is 3.27. The molecule has 2 aromatic rings. The van der Waals surface area contributed by atoms with Gasteiger partial charge in [-0.2, -0.15) is 0 Å². The van der Waals surface area contributed by atoms with Crippen molar-refractivity contribution in [3.05, 3.63) is 52.4 Å². The maximum atomic E-state index is 13.4. The quantitative estimate of drug-likeness (QED) is 0.897. The molecule has 0 bridgehead atoms. The molecule has 0 unspecified atom stereocenters. The number of pyridine rings is 1. The minimum Gasteiger partial charge on any atom is -0.439 e. The number of aromatic nitrogens is 1. The molecule has 0 amide bonds. The van der Waals surface area contributed by atoms with Crippen molar-refractivity contribution in [3.63, 3.8) is 0 Å². The topological polar surface area (TPSA) is 34.1 Å². The summed E-state index contributed by atoms with van der Waals surface area (Å²) in [5, 5.41) is 4.02. The van der Waals surface area contributed by atoms with E-state index in [2.05, 4.69) is 10.3 Å². The van der Waals surface area contributed by atoms with Gasteiger partial charge in [-0.25, -0.2) is 9.37 Å². The standard InChI is InChI=1S/C16H16ClFN2O/c1-10-6-14(4-5-15(10)17)21-16-11(7-12(18)9-20-16)8-19-13-2-3-13/h4-7,9,13,19H,2-3,8H2,1H3. The second-order valence-electron chi connectivity index (χ2n) is 5.29. The fourth-order valence-electron chi connectivity index (χ4n) is 2.02. The van der Waals surface area contributed by atoms with Crippen LogP contribution in [0.25, 0.3) is 0 Å². The molecule has 3 nitrogen and oxygen atoms in total. The Kier molecular flexibility index (Phi) is 4.08. The first kappa shape index (κ1) is 14.3. The number of benzene rings is 1. The molecule has 1 aromatic carbocycles. The number of halogens is 2. The number of hydrogen-bond acceptors (Lipinski definition) is 3. The average molecular weight is 307 g/mol. The second kappa shape index (κ2) is 6.00. The molecule has 5 heteroatoms. The normalized spacial score (nSPS) is 14.2. The van der Waals surface area contributed by atoms with Crippen LogP contribution in [-0.2, 0) is 6.54 Å². The molecule has 0 atom stereocenters. The molecule has 1 heterocycles. The summed E-state index contributed by atoms with van der Waals surface area (Å²) < 4.78 is 19.2. The Morgan fingerprint density at radius 3 is 2.90 bits per heavy atom. The highest BCUT2D eigenvalue weighted by atomic mass is 35.5. The minimum atomic E-state index is -0.359. The van der Waals surface area contributed by atoms with Crippen LogP contribution in [0.2, 0.25) is 5.02 Å².